The number of hydrogen-bond acceptors (Lipinski definition) is 4. The molecule has 0 atom stereocenters. The molecule has 1 aliphatic rings. The molecule has 0 unspecified atom stereocenters. The average molecular weight is 197 g/mol. The van der Waals surface area contributed by atoms with Crippen molar-refractivity contribution in [2.45, 2.75) is 0 Å². The molecule has 0 aromatic carbocycles. The predicted octanol–water partition coefficient (Wildman–Crippen LogP) is 2.18. The SMILES string of the molecule is S=C1SC(=S)c2ncccc21. The summed E-state index contributed by atoms with van der Waals surface area (Å²) in [5.74, 6) is 0. The summed E-state index contributed by atoms with van der Waals surface area (Å²) < 4.78 is 1.64. The van der Waals surface area contributed by atoms with E-state index in [9.17, 15) is 0 Å². The summed E-state index contributed by atoms with van der Waals surface area (Å²) in [6, 6.07) is 3.83. The molecule has 1 aromatic rings. The molecule has 1 nitrogen and oxygen atoms in total. The van der Waals surface area contributed by atoms with Crippen molar-refractivity contribution in [2.75, 3.05) is 0 Å². The summed E-state index contributed by atoms with van der Waals surface area (Å²) >= 11 is 11.6. The molecule has 0 N–H and O–H groups in total. The summed E-state index contributed by atoms with van der Waals surface area (Å²) in [7, 11) is 0. The standard InChI is InChI=1S/C7H3NS3/c9-6-4-2-1-3-8-5(4)7(10)11-6/h1-3H. The topological polar surface area (TPSA) is 12.9 Å². The normalized spacial score (nSPS) is 15.3. The Bertz CT molecular complexity index is 312. The fourth-order valence-corrected chi connectivity index (χ4v) is 2.61. The van der Waals surface area contributed by atoms with Gasteiger partial charge in [0.1, 0.15) is 4.20 Å². The maximum absolute atomic E-state index is 5.09. The summed E-state index contributed by atoms with van der Waals surface area (Å²) in [6.45, 7) is 0. The van der Waals surface area contributed by atoms with E-state index in [2.05, 4.69) is 4.98 Å². The number of pyridine rings is 1. The molecule has 0 spiro atoms. The van der Waals surface area contributed by atoms with E-state index in [-0.39, 0.29) is 0 Å². The third-order valence-corrected chi connectivity index (χ3v) is 3.10. The highest BCUT2D eigenvalue weighted by Crippen LogP contribution is 2.29. The largest absolute Gasteiger partial charge is 0.254 e. The first-order chi connectivity index (χ1) is 5.29. The van der Waals surface area contributed by atoms with Crippen LogP contribution in [0.15, 0.2) is 18.3 Å². The molecule has 2 rings (SSSR count). The highest BCUT2D eigenvalue weighted by atomic mass is 32.2. The Kier molecular flexibility index (Phi) is 1.75. The first kappa shape index (κ1) is 7.34. The number of fused-ring (bicyclic) bond motifs is 1. The van der Waals surface area contributed by atoms with Crippen LogP contribution in [-0.4, -0.2) is 13.4 Å². The predicted molar refractivity (Wildman–Crippen MR) is 55.2 cm³/mol. The molecule has 1 aliphatic heterocycles. The van der Waals surface area contributed by atoms with Crippen molar-refractivity contribution in [3.8, 4) is 0 Å². The Balaban J connectivity index is 2.69. The van der Waals surface area contributed by atoms with Crippen LogP contribution in [0.5, 0.6) is 0 Å². The Hall–Kier alpha value is -0.320. The van der Waals surface area contributed by atoms with E-state index in [4.69, 9.17) is 24.4 Å². The molecule has 54 valence electrons. The lowest BCUT2D eigenvalue weighted by Gasteiger charge is -1.91. The Morgan fingerprint density at radius 2 is 2.09 bits per heavy atom. The lowest BCUT2D eigenvalue weighted by atomic mass is 10.2. The van der Waals surface area contributed by atoms with Crippen LogP contribution in [0.2, 0.25) is 0 Å². The molecule has 4 heteroatoms. The zero-order valence-corrected chi connectivity index (χ0v) is 7.85. The van der Waals surface area contributed by atoms with Gasteiger partial charge in [-0.05, 0) is 12.1 Å². The Labute approximate surface area is 79.2 Å². The van der Waals surface area contributed by atoms with Gasteiger partial charge in [-0.25, -0.2) is 0 Å². The van der Waals surface area contributed by atoms with Gasteiger partial charge in [0.05, 0.1) is 9.89 Å². The van der Waals surface area contributed by atoms with Crippen LogP contribution < -0.4 is 0 Å². The van der Waals surface area contributed by atoms with Gasteiger partial charge < -0.3 is 0 Å². The van der Waals surface area contributed by atoms with Crippen LogP contribution in [0.25, 0.3) is 0 Å². The van der Waals surface area contributed by atoms with Crippen molar-refractivity contribution < 1.29 is 0 Å². The van der Waals surface area contributed by atoms with Crippen LogP contribution in [-0.2, 0) is 0 Å². The summed E-state index contributed by atoms with van der Waals surface area (Å²) in [4.78, 5) is 4.14. The molecule has 0 saturated heterocycles. The van der Waals surface area contributed by atoms with Gasteiger partial charge in [-0.3, -0.25) is 4.98 Å². The van der Waals surface area contributed by atoms with Crippen molar-refractivity contribution in [3.05, 3.63) is 29.6 Å². The smallest absolute Gasteiger partial charge is 0.103 e. The van der Waals surface area contributed by atoms with E-state index in [1.165, 1.54) is 11.8 Å². The number of rotatable bonds is 0. The molecule has 0 saturated carbocycles. The number of thiocarbonyl (C=S) groups is 2. The van der Waals surface area contributed by atoms with Crippen molar-refractivity contribution in [2.24, 2.45) is 0 Å². The van der Waals surface area contributed by atoms with E-state index < -0.39 is 0 Å². The average Bonchev–Trinajstić information content (AvgIpc) is 2.30. The fraction of sp³-hybridized carbons (Fsp3) is 0. The van der Waals surface area contributed by atoms with Gasteiger partial charge in [-0.15, -0.1) is 0 Å². The number of nitrogens with zero attached hydrogens (tertiary/aromatic N) is 1. The number of hydrogen-bond donors (Lipinski definition) is 0. The van der Waals surface area contributed by atoms with Gasteiger partial charge in [-0.1, -0.05) is 36.2 Å². The van der Waals surface area contributed by atoms with Gasteiger partial charge in [0.15, 0.2) is 0 Å². The summed E-state index contributed by atoms with van der Waals surface area (Å²) in [5.41, 5.74) is 1.88. The van der Waals surface area contributed by atoms with Gasteiger partial charge >= 0.3 is 0 Å². The molecule has 0 aliphatic carbocycles. The van der Waals surface area contributed by atoms with E-state index in [1.807, 2.05) is 12.1 Å². The molecule has 0 amide bonds. The molecule has 2 heterocycles. The molecule has 0 radical (unpaired) electrons. The molecule has 0 fully saturated rings. The number of thioether (sulfide) groups is 1. The third kappa shape index (κ3) is 1.11. The van der Waals surface area contributed by atoms with E-state index in [0.29, 0.717) is 0 Å². The van der Waals surface area contributed by atoms with E-state index >= 15 is 0 Å². The van der Waals surface area contributed by atoms with Gasteiger partial charge in [0.2, 0.25) is 0 Å². The monoisotopic (exact) mass is 197 g/mol. The Morgan fingerprint density at radius 1 is 1.27 bits per heavy atom. The number of aromatic nitrogens is 1. The molecular weight excluding hydrogens is 194 g/mol. The minimum Gasteiger partial charge on any atom is -0.254 e. The minimum absolute atomic E-state index is 0.797. The van der Waals surface area contributed by atoms with Crippen molar-refractivity contribution in [3.63, 3.8) is 0 Å². The first-order valence-corrected chi connectivity index (χ1v) is 4.64. The van der Waals surface area contributed by atoms with Crippen molar-refractivity contribution >= 4 is 44.6 Å². The highest BCUT2D eigenvalue weighted by Gasteiger charge is 2.22. The van der Waals surface area contributed by atoms with E-state index in [0.717, 1.165) is 19.7 Å². The van der Waals surface area contributed by atoms with Crippen LogP contribution in [0, 0.1) is 0 Å². The van der Waals surface area contributed by atoms with Crippen molar-refractivity contribution in [1.29, 1.82) is 0 Å². The highest BCUT2D eigenvalue weighted by molar-refractivity contribution is 8.39. The second-order valence-electron chi connectivity index (χ2n) is 2.08. The minimum atomic E-state index is 0.797. The van der Waals surface area contributed by atoms with Crippen LogP contribution in [0.4, 0.5) is 0 Å². The second-order valence-corrected chi connectivity index (χ2v) is 4.43. The molecule has 0 bridgehead atoms. The molecule has 1 aromatic heterocycles. The lowest BCUT2D eigenvalue weighted by Crippen LogP contribution is -1.91. The zero-order valence-electron chi connectivity index (χ0n) is 5.40. The van der Waals surface area contributed by atoms with Crippen LogP contribution >= 0.6 is 36.2 Å². The lowest BCUT2D eigenvalue weighted by molar-refractivity contribution is 1.30. The quantitative estimate of drug-likeness (QED) is 0.591. The van der Waals surface area contributed by atoms with Crippen LogP contribution in [0.3, 0.4) is 0 Å². The first-order valence-electron chi connectivity index (χ1n) is 3.00. The summed E-state index contributed by atoms with van der Waals surface area (Å²) in [6.07, 6.45) is 1.74. The Morgan fingerprint density at radius 3 is 2.82 bits per heavy atom. The maximum atomic E-state index is 5.09. The van der Waals surface area contributed by atoms with Gasteiger partial charge in [-0.2, -0.15) is 0 Å². The van der Waals surface area contributed by atoms with Gasteiger partial charge in [0.25, 0.3) is 0 Å². The fourth-order valence-electron chi connectivity index (χ4n) is 0.920. The summed E-state index contributed by atoms with van der Waals surface area (Å²) in [5, 5.41) is 0. The second kappa shape index (κ2) is 2.62. The van der Waals surface area contributed by atoms with Crippen LogP contribution in [0.1, 0.15) is 11.3 Å². The molecule has 11 heavy (non-hydrogen) atoms. The maximum Gasteiger partial charge on any atom is 0.103 e. The zero-order chi connectivity index (χ0) is 7.84. The van der Waals surface area contributed by atoms with Crippen molar-refractivity contribution in [1.82, 2.24) is 4.98 Å². The third-order valence-electron chi connectivity index (χ3n) is 1.41. The molecular formula is C7H3NS3. The van der Waals surface area contributed by atoms with E-state index in [1.54, 1.807) is 6.20 Å². The van der Waals surface area contributed by atoms with Gasteiger partial charge in [0, 0.05) is 11.8 Å².